The Morgan fingerprint density at radius 3 is 2.75 bits per heavy atom. The van der Waals surface area contributed by atoms with E-state index in [2.05, 4.69) is 4.98 Å². The first-order valence-corrected chi connectivity index (χ1v) is 6.33. The highest BCUT2D eigenvalue weighted by Crippen LogP contribution is 2.28. The summed E-state index contributed by atoms with van der Waals surface area (Å²) in [6, 6.07) is 10.0. The van der Waals surface area contributed by atoms with Crippen LogP contribution < -0.4 is 0 Å². The molecule has 1 N–H and O–H groups in total. The van der Waals surface area contributed by atoms with E-state index in [1.807, 2.05) is 19.1 Å². The van der Waals surface area contributed by atoms with E-state index in [9.17, 15) is 4.79 Å². The lowest BCUT2D eigenvalue weighted by atomic mass is 10.1. The van der Waals surface area contributed by atoms with Gasteiger partial charge in [0.1, 0.15) is 5.52 Å². The Labute approximate surface area is 119 Å². The van der Waals surface area contributed by atoms with Crippen LogP contribution >= 0.6 is 11.6 Å². The van der Waals surface area contributed by atoms with Crippen LogP contribution in [0.25, 0.3) is 22.6 Å². The molecule has 3 rings (SSSR count). The zero-order valence-electron chi connectivity index (χ0n) is 10.6. The number of fused-ring (bicyclic) bond motifs is 1. The molecule has 0 radical (unpaired) electrons. The van der Waals surface area contributed by atoms with Gasteiger partial charge in [-0.05, 0) is 48.9 Å². The van der Waals surface area contributed by atoms with Gasteiger partial charge in [-0.15, -0.1) is 0 Å². The second kappa shape index (κ2) is 4.65. The lowest BCUT2D eigenvalue weighted by molar-refractivity contribution is 0.0697. The van der Waals surface area contributed by atoms with E-state index in [0.717, 1.165) is 11.1 Å². The predicted molar refractivity (Wildman–Crippen MR) is 76.2 cm³/mol. The first-order chi connectivity index (χ1) is 9.54. The molecule has 4 nitrogen and oxygen atoms in total. The van der Waals surface area contributed by atoms with Gasteiger partial charge in [-0.3, -0.25) is 0 Å². The number of rotatable bonds is 2. The Morgan fingerprint density at radius 1 is 1.25 bits per heavy atom. The van der Waals surface area contributed by atoms with Gasteiger partial charge in [0.25, 0.3) is 0 Å². The monoisotopic (exact) mass is 287 g/mol. The molecule has 0 unspecified atom stereocenters. The van der Waals surface area contributed by atoms with E-state index in [1.54, 1.807) is 12.1 Å². The third kappa shape index (κ3) is 2.14. The summed E-state index contributed by atoms with van der Waals surface area (Å²) >= 11 is 5.92. The summed E-state index contributed by atoms with van der Waals surface area (Å²) < 4.78 is 5.66. The highest BCUT2D eigenvalue weighted by molar-refractivity contribution is 6.30. The number of hydrogen-bond donors (Lipinski definition) is 1. The Balaban J connectivity index is 2.15. The summed E-state index contributed by atoms with van der Waals surface area (Å²) in [5, 5.41) is 9.62. The van der Waals surface area contributed by atoms with Crippen LogP contribution in [0.3, 0.4) is 0 Å². The second-order valence-corrected chi connectivity index (χ2v) is 4.90. The van der Waals surface area contributed by atoms with Gasteiger partial charge < -0.3 is 9.52 Å². The number of aromatic carboxylic acids is 1. The first-order valence-electron chi connectivity index (χ1n) is 5.95. The van der Waals surface area contributed by atoms with Crippen LogP contribution in [0, 0.1) is 6.92 Å². The minimum Gasteiger partial charge on any atom is -0.478 e. The van der Waals surface area contributed by atoms with E-state index in [1.165, 1.54) is 12.1 Å². The molecule has 2 aromatic carbocycles. The summed E-state index contributed by atoms with van der Waals surface area (Å²) in [5.74, 6) is -0.532. The minimum absolute atomic E-state index is 0.185. The van der Waals surface area contributed by atoms with E-state index in [4.69, 9.17) is 21.1 Å². The number of oxazole rings is 1. The molecule has 1 aromatic heterocycles. The lowest BCUT2D eigenvalue weighted by Crippen LogP contribution is -1.94. The highest BCUT2D eigenvalue weighted by atomic mass is 35.5. The van der Waals surface area contributed by atoms with Crippen molar-refractivity contribution in [3.05, 3.63) is 52.5 Å². The van der Waals surface area contributed by atoms with Crippen LogP contribution in [-0.2, 0) is 0 Å². The molecule has 0 aliphatic heterocycles. The number of aryl methyl sites for hydroxylation is 1. The molecule has 0 bridgehead atoms. The van der Waals surface area contributed by atoms with Gasteiger partial charge in [-0.25, -0.2) is 9.78 Å². The maximum atomic E-state index is 10.9. The number of halogens is 1. The Hall–Kier alpha value is -2.33. The van der Waals surface area contributed by atoms with Crippen molar-refractivity contribution in [1.29, 1.82) is 0 Å². The molecular weight excluding hydrogens is 278 g/mol. The number of benzene rings is 2. The summed E-state index contributed by atoms with van der Waals surface area (Å²) in [6.45, 7) is 1.92. The van der Waals surface area contributed by atoms with E-state index in [-0.39, 0.29) is 5.56 Å². The molecule has 0 aliphatic carbocycles. The zero-order chi connectivity index (χ0) is 14.3. The molecule has 20 heavy (non-hydrogen) atoms. The third-order valence-electron chi connectivity index (χ3n) is 3.05. The summed E-state index contributed by atoms with van der Waals surface area (Å²) in [7, 11) is 0. The fourth-order valence-corrected chi connectivity index (χ4v) is 2.27. The van der Waals surface area contributed by atoms with E-state index < -0.39 is 5.97 Å². The van der Waals surface area contributed by atoms with Crippen molar-refractivity contribution < 1.29 is 14.3 Å². The number of hydrogen-bond acceptors (Lipinski definition) is 3. The van der Waals surface area contributed by atoms with Crippen molar-refractivity contribution in [3.8, 4) is 11.5 Å². The molecule has 100 valence electrons. The number of carboxylic acid groups (broad SMARTS) is 1. The van der Waals surface area contributed by atoms with Crippen LogP contribution in [0.2, 0.25) is 5.02 Å². The van der Waals surface area contributed by atoms with Crippen molar-refractivity contribution in [2.45, 2.75) is 6.92 Å². The Kier molecular flexibility index (Phi) is 2.95. The topological polar surface area (TPSA) is 63.3 Å². The Bertz CT molecular complexity index is 823. The average Bonchev–Trinajstić information content (AvgIpc) is 2.80. The average molecular weight is 288 g/mol. The van der Waals surface area contributed by atoms with Crippen LogP contribution in [0.15, 0.2) is 40.8 Å². The number of carboxylic acids is 1. The van der Waals surface area contributed by atoms with Gasteiger partial charge in [-0.2, -0.15) is 0 Å². The van der Waals surface area contributed by atoms with Gasteiger partial charge in [-0.1, -0.05) is 11.6 Å². The van der Waals surface area contributed by atoms with Crippen molar-refractivity contribution >= 4 is 28.7 Å². The largest absolute Gasteiger partial charge is 0.478 e. The van der Waals surface area contributed by atoms with Gasteiger partial charge in [0, 0.05) is 10.6 Å². The fourth-order valence-electron chi connectivity index (χ4n) is 2.04. The van der Waals surface area contributed by atoms with Crippen molar-refractivity contribution in [1.82, 2.24) is 4.98 Å². The molecule has 0 saturated heterocycles. The second-order valence-electron chi connectivity index (χ2n) is 4.47. The number of carbonyl (C=O) groups is 1. The van der Waals surface area contributed by atoms with Crippen molar-refractivity contribution in [3.63, 3.8) is 0 Å². The zero-order valence-corrected chi connectivity index (χ0v) is 11.3. The molecular formula is C15H10ClNO3. The van der Waals surface area contributed by atoms with Crippen molar-refractivity contribution in [2.75, 3.05) is 0 Å². The van der Waals surface area contributed by atoms with Gasteiger partial charge in [0.05, 0.1) is 5.56 Å². The summed E-state index contributed by atoms with van der Waals surface area (Å²) in [5.41, 5.74) is 3.05. The van der Waals surface area contributed by atoms with E-state index in [0.29, 0.717) is 22.0 Å². The third-order valence-corrected chi connectivity index (χ3v) is 3.29. The van der Waals surface area contributed by atoms with Crippen LogP contribution in [0.4, 0.5) is 0 Å². The molecule has 0 spiro atoms. The first kappa shape index (κ1) is 12.7. The normalized spacial score (nSPS) is 10.9. The van der Waals surface area contributed by atoms with Crippen LogP contribution in [0.1, 0.15) is 15.9 Å². The smallest absolute Gasteiger partial charge is 0.335 e. The maximum absolute atomic E-state index is 10.9. The van der Waals surface area contributed by atoms with Crippen molar-refractivity contribution in [2.24, 2.45) is 0 Å². The van der Waals surface area contributed by atoms with E-state index >= 15 is 0 Å². The maximum Gasteiger partial charge on any atom is 0.335 e. The Morgan fingerprint density at radius 2 is 2.05 bits per heavy atom. The molecule has 0 aliphatic rings. The fraction of sp³-hybridized carbons (Fsp3) is 0.0667. The van der Waals surface area contributed by atoms with Crippen LogP contribution in [0.5, 0.6) is 0 Å². The molecule has 5 heteroatoms. The molecule has 1 heterocycles. The molecule has 0 atom stereocenters. The quantitative estimate of drug-likeness (QED) is 0.769. The SMILES string of the molecule is Cc1cc(Cl)ccc1-c1nc2cc(C(=O)O)ccc2o1. The standard InChI is InChI=1S/C15H10ClNO3/c1-8-6-10(16)3-4-11(8)14-17-12-7-9(15(18)19)2-5-13(12)20-14/h2-7H,1H3,(H,18,19). The van der Waals surface area contributed by atoms with Crippen LogP contribution in [-0.4, -0.2) is 16.1 Å². The van der Waals surface area contributed by atoms with Gasteiger partial charge in [0.2, 0.25) is 5.89 Å². The molecule has 0 fully saturated rings. The number of aromatic nitrogens is 1. The predicted octanol–water partition coefficient (Wildman–Crippen LogP) is 4.15. The highest BCUT2D eigenvalue weighted by Gasteiger charge is 2.12. The number of nitrogens with zero attached hydrogens (tertiary/aromatic N) is 1. The summed E-state index contributed by atoms with van der Waals surface area (Å²) in [6.07, 6.45) is 0. The van der Waals surface area contributed by atoms with Gasteiger partial charge >= 0.3 is 5.97 Å². The molecule has 0 amide bonds. The molecule has 3 aromatic rings. The minimum atomic E-state index is -0.987. The lowest BCUT2D eigenvalue weighted by Gasteiger charge is -2.00. The summed E-state index contributed by atoms with van der Waals surface area (Å²) in [4.78, 5) is 15.3. The van der Waals surface area contributed by atoms with Gasteiger partial charge in [0.15, 0.2) is 5.58 Å². The molecule has 0 saturated carbocycles.